The van der Waals surface area contributed by atoms with Crippen LogP contribution in [0, 0.1) is 11.8 Å². The van der Waals surface area contributed by atoms with Gasteiger partial charge in [-0.05, 0) is 84.5 Å². The van der Waals surface area contributed by atoms with Crippen LogP contribution in [0.25, 0.3) is 22.0 Å². The quantitative estimate of drug-likeness (QED) is 0.0917. The number of fused-ring (bicyclic) bond motifs is 3. The number of nitrogens with one attached hydrogen (secondary N) is 4. The van der Waals surface area contributed by atoms with E-state index >= 15 is 0 Å². The number of nitrogens with zero attached hydrogens (tertiary/aromatic N) is 3. The molecule has 0 saturated carbocycles. The summed E-state index contributed by atoms with van der Waals surface area (Å²) in [5, 5.41) is 8.48. The van der Waals surface area contributed by atoms with E-state index in [2.05, 4.69) is 37.8 Å². The average Bonchev–Trinajstić information content (AvgIpc) is 3.80. The van der Waals surface area contributed by atoms with Crippen molar-refractivity contribution >= 4 is 51.8 Å². The van der Waals surface area contributed by atoms with E-state index in [0.29, 0.717) is 58.5 Å². The molecule has 12 nitrogen and oxygen atoms in total. The zero-order chi connectivity index (χ0) is 39.8. The molecule has 1 saturated heterocycles. The van der Waals surface area contributed by atoms with Crippen LogP contribution in [0.2, 0.25) is 0 Å². The van der Waals surface area contributed by atoms with Crippen LogP contribution in [-0.4, -0.2) is 70.6 Å². The largest absolute Gasteiger partial charge is 0.360 e. The summed E-state index contributed by atoms with van der Waals surface area (Å²) < 4.78 is 29.4. The maximum Gasteiger partial charge on any atom is 0.269 e. The second kappa shape index (κ2) is 15.3. The van der Waals surface area contributed by atoms with Gasteiger partial charge in [0.05, 0.1) is 5.56 Å². The van der Waals surface area contributed by atoms with Gasteiger partial charge in [0.15, 0.2) is 0 Å². The van der Waals surface area contributed by atoms with Crippen LogP contribution in [0.5, 0.6) is 0 Å². The summed E-state index contributed by atoms with van der Waals surface area (Å²) in [6.07, 6.45) is 2.54. The Morgan fingerprint density at radius 2 is 1.88 bits per heavy atom. The number of pyridine rings is 1. The van der Waals surface area contributed by atoms with Gasteiger partial charge in [0.1, 0.15) is 11.7 Å². The summed E-state index contributed by atoms with van der Waals surface area (Å²) in [7, 11) is 1.57. The highest BCUT2D eigenvalue weighted by atomic mass is 19.3. The number of rotatable bonds is 8. The van der Waals surface area contributed by atoms with Gasteiger partial charge < -0.3 is 25.4 Å². The maximum atomic E-state index is 14.7. The molecule has 5 amide bonds. The van der Waals surface area contributed by atoms with E-state index in [-0.39, 0.29) is 54.9 Å². The number of hydrogen-bond donors (Lipinski definition) is 4. The van der Waals surface area contributed by atoms with E-state index in [1.165, 1.54) is 23.2 Å². The first-order chi connectivity index (χ1) is 27.6. The van der Waals surface area contributed by atoms with E-state index in [1.807, 2.05) is 23.1 Å². The first-order valence-electron chi connectivity index (χ1n) is 18.7. The fraction of sp³-hybridized carbons (Fsp3) is 0.256. The minimum absolute atomic E-state index is 0.124. The molecule has 0 bridgehead atoms. The van der Waals surface area contributed by atoms with Crippen molar-refractivity contribution in [1.29, 1.82) is 0 Å². The number of carbonyl (C=O) groups is 5. The molecule has 5 heterocycles. The first-order valence-corrected chi connectivity index (χ1v) is 18.7. The lowest BCUT2D eigenvalue weighted by Crippen LogP contribution is -2.52. The Bertz CT molecular complexity index is 2540. The number of amides is 5. The third-order valence-electron chi connectivity index (χ3n) is 10.7. The van der Waals surface area contributed by atoms with Crippen molar-refractivity contribution in [3.05, 3.63) is 112 Å². The van der Waals surface area contributed by atoms with Crippen molar-refractivity contribution in [3.63, 3.8) is 0 Å². The predicted octanol–water partition coefficient (Wildman–Crippen LogP) is 5.54. The molecule has 1 atom stereocenters. The Morgan fingerprint density at radius 1 is 1.02 bits per heavy atom. The van der Waals surface area contributed by atoms with E-state index in [9.17, 15) is 32.8 Å². The lowest BCUT2D eigenvalue weighted by Gasteiger charge is -2.33. The van der Waals surface area contributed by atoms with Crippen LogP contribution in [0.3, 0.4) is 0 Å². The van der Waals surface area contributed by atoms with Crippen molar-refractivity contribution in [3.8, 4) is 23.0 Å². The third kappa shape index (κ3) is 7.08. The zero-order valence-corrected chi connectivity index (χ0v) is 30.9. The molecule has 14 heteroatoms. The first kappa shape index (κ1) is 37.1. The van der Waals surface area contributed by atoms with Crippen molar-refractivity contribution < 1.29 is 32.8 Å². The second-order valence-electron chi connectivity index (χ2n) is 14.1. The molecule has 8 rings (SSSR count). The molecule has 0 spiro atoms. The molecule has 0 radical (unpaired) electrons. The van der Waals surface area contributed by atoms with E-state index < -0.39 is 24.3 Å². The van der Waals surface area contributed by atoms with Crippen molar-refractivity contribution in [2.45, 2.75) is 51.1 Å². The van der Waals surface area contributed by atoms with Crippen LogP contribution >= 0.6 is 0 Å². The fourth-order valence-electron chi connectivity index (χ4n) is 7.82. The van der Waals surface area contributed by atoms with Crippen LogP contribution < -0.4 is 20.9 Å². The molecule has 4 N–H and O–H groups in total. The number of benzene rings is 3. The van der Waals surface area contributed by atoms with E-state index in [0.717, 1.165) is 28.6 Å². The number of piperidine rings is 1. The van der Waals surface area contributed by atoms with Crippen LogP contribution in [0.15, 0.2) is 73.1 Å². The minimum atomic E-state index is -2.77. The molecule has 5 aromatic rings. The van der Waals surface area contributed by atoms with Crippen LogP contribution in [0.4, 0.5) is 20.2 Å². The molecule has 57 heavy (non-hydrogen) atoms. The van der Waals surface area contributed by atoms with Gasteiger partial charge in [-0.2, -0.15) is 0 Å². The summed E-state index contributed by atoms with van der Waals surface area (Å²) in [6, 6.07) is 16.6. The average molecular weight is 770 g/mol. The molecule has 3 aliphatic heterocycles. The summed E-state index contributed by atoms with van der Waals surface area (Å²) in [5.74, 6) is 4.34. The van der Waals surface area contributed by atoms with Gasteiger partial charge in [0.25, 0.3) is 24.1 Å². The standard InChI is InChI=1S/C43H37F2N7O5/c1-46-40(54)32-22-49-34-13-11-27(19-30(32)34)51-17-5-8-25-18-29(31(39(44)45)20-37(25)51)26-10-12-35(48-21-26)41(55)47-16-3-2-6-24-7-4-9-28-33(24)23-52(43(28)57)36-14-15-38(53)50-42(36)56/h4,7,9-13,18-22,36,39,49H,3,5,8,14-17,23H2,1H3,(H,46,54)(H,47,55)(H,50,53,56). The molecule has 0 aliphatic carbocycles. The Labute approximate surface area is 326 Å². The molecular formula is C43H37F2N7O5. The van der Waals surface area contributed by atoms with Gasteiger partial charge in [-0.15, -0.1) is 0 Å². The summed E-state index contributed by atoms with van der Waals surface area (Å²) in [4.78, 5) is 73.4. The van der Waals surface area contributed by atoms with Crippen LogP contribution in [0.1, 0.15) is 85.6 Å². The molecule has 288 valence electrons. The highest BCUT2D eigenvalue weighted by Crippen LogP contribution is 2.42. The summed E-state index contributed by atoms with van der Waals surface area (Å²) in [6.45, 7) is 1.05. The third-order valence-corrected chi connectivity index (χ3v) is 10.7. The number of hydrogen-bond acceptors (Lipinski definition) is 7. The van der Waals surface area contributed by atoms with Crippen molar-refractivity contribution in [2.75, 3.05) is 25.0 Å². The Morgan fingerprint density at radius 3 is 2.65 bits per heavy atom. The number of halogens is 2. The Balaban J connectivity index is 0.932. The number of H-pyrrole nitrogens is 1. The Hall–Kier alpha value is -6.88. The maximum absolute atomic E-state index is 14.7. The lowest BCUT2D eigenvalue weighted by atomic mass is 9.92. The molecule has 1 unspecified atom stereocenters. The van der Waals surface area contributed by atoms with Gasteiger partial charge in [-0.3, -0.25) is 34.3 Å². The zero-order valence-electron chi connectivity index (χ0n) is 30.9. The number of carbonyl (C=O) groups excluding carboxylic acids is 5. The SMILES string of the molecule is CNC(=O)c1c[nH]c2ccc(N3CCCc4cc(-c5ccc(C(=O)NCCC#Cc6cccc7c6CN(C6CCC(=O)NC6=O)C7=O)nc5)c(C(F)F)cc43)cc12. The summed E-state index contributed by atoms with van der Waals surface area (Å²) >= 11 is 0. The number of aromatic nitrogens is 2. The fourth-order valence-corrected chi connectivity index (χ4v) is 7.82. The lowest BCUT2D eigenvalue weighted by molar-refractivity contribution is -0.136. The van der Waals surface area contributed by atoms with Crippen LogP contribution in [-0.2, 0) is 22.6 Å². The van der Waals surface area contributed by atoms with Crippen molar-refractivity contribution in [1.82, 2.24) is 30.8 Å². The molecule has 3 aromatic carbocycles. The van der Waals surface area contributed by atoms with Gasteiger partial charge in [-0.1, -0.05) is 24.0 Å². The number of anilines is 2. The topological polar surface area (TPSA) is 157 Å². The number of alkyl halides is 2. The van der Waals surface area contributed by atoms with Gasteiger partial charge in [0.2, 0.25) is 11.8 Å². The number of imide groups is 1. The highest BCUT2D eigenvalue weighted by Gasteiger charge is 2.39. The molecule has 1 fully saturated rings. The van der Waals surface area contributed by atoms with Crippen molar-refractivity contribution in [2.24, 2.45) is 0 Å². The predicted molar refractivity (Wildman–Crippen MR) is 208 cm³/mol. The molecule has 2 aromatic heterocycles. The van der Waals surface area contributed by atoms with E-state index in [4.69, 9.17) is 0 Å². The van der Waals surface area contributed by atoms with Gasteiger partial charge in [0, 0.05) is 96.4 Å². The van der Waals surface area contributed by atoms with E-state index in [1.54, 1.807) is 43.6 Å². The molecular weight excluding hydrogens is 733 g/mol. The smallest absolute Gasteiger partial charge is 0.269 e. The second-order valence-corrected chi connectivity index (χ2v) is 14.1. The Kier molecular flexibility index (Phi) is 9.97. The highest BCUT2D eigenvalue weighted by molar-refractivity contribution is 6.08. The number of aryl methyl sites for hydroxylation is 1. The normalized spacial score (nSPS) is 16.2. The summed E-state index contributed by atoms with van der Waals surface area (Å²) in [5.41, 5.74) is 6.29. The monoisotopic (exact) mass is 769 g/mol. The minimum Gasteiger partial charge on any atom is -0.360 e. The number of aromatic amines is 1. The van der Waals surface area contributed by atoms with Gasteiger partial charge >= 0.3 is 0 Å². The van der Waals surface area contributed by atoms with Gasteiger partial charge in [-0.25, -0.2) is 8.78 Å². The molecule has 3 aliphatic rings.